The molecule has 3 aromatic heterocycles. The fourth-order valence-corrected chi connectivity index (χ4v) is 8.54. The van der Waals surface area contributed by atoms with E-state index in [1.54, 1.807) is 0 Å². The second kappa shape index (κ2) is 11.2. The molecular formula is C49H34N2O. The summed E-state index contributed by atoms with van der Waals surface area (Å²) in [5, 5.41) is 7.27. The van der Waals surface area contributed by atoms with Crippen LogP contribution in [0.2, 0.25) is 0 Å². The Morgan fingerprint density at radius 3 is 1.83 bits per heavy atom. The third-order valence-electron chi connectivity index (χ3n) is 11.1. The van der Waals surface area contributed by atoms with E-state index in [1.165, 1.54) is 71.6 Å². The lowest BCUT2D eigenvalue weighted by Crippen LogP contribution is -2.01. The molecule has 246 valence electrons. The summed E-state index contributed by atoms with van der Waals surface area (Å²) in [5.41, 5.74) is 13.9. The predicted molar refractivity (Wildman–Crippen MR) is 219 cm³/mol. The number of furan rings is 1. The van der Waals surface area contributed by atoms with Gasteiger partial charge in [0, 0.05) is 43.6 Å². The molecule has 1 atom stereocenters. The van der Waals surface area contributed by atoms with Crippen molar-refractivity contribution in [2.45, 2.75) is 13.3 Å². The molecule has 0 spiro atoms. The van der Waals surface area contributed by atoms with Crippen LogP contribution in [0.1, 0.15) is 18.9 Å². The van der Waals surface area contributed by atoms with Gasteiger partial charge in [0.25, 0.3) is 0 Å². The number of allylic oxidation sites excluding steroid dienone is 4. The van der Waals surface area contributed by atoms with Crippen molar-refractivity contribution < 1.29 is 4.42 Å². The lowest BCUT2D eigenvalue weighted by atomic mass is 9.93. The molecule has 0 amide bonds. The maximum Gasteiger partial charge on any atom is 0.135 e. The highest BCUT2D eigenvalue weighted by Gasteiger charge is 2.19. The number of hydrogen-bond acceptors (Lipinski definition) is 1. The standard InChI is InChI=1S/C49H34N2O/c1-31-18-20-32(21-19-31)36-10-2-6-14-43(36)51-45-16-8-4-12-38(45)41-29-34(23-26-47(41)51)33-22-25-46-40(28-33)37-11-3-7-15-44(37)50(46)35-24-27-49-42(30-35)39-13-5-9-17-48(39)52-49/h2-18,20-31H,19H2,1H3. The van der Waals surface area contributed by atoms with E-state index in [0.29, 0.717) is 5.92 Å². The fourth-order valence-electron chi connectivity index (χ4n) is 8.54. The van der Waals surface area contributed by atoms with Gasteiger partial charge in [-0.2, -0.15) is 0 Å². The fraction of sp³-hybridized carbons (Fsp3) is 0.0612. The number of aromatic nitrogens is 2. The van der Waals surface area contributed by atoms with Gasteiger partial charge in [-0.15, -0.1) is 0 Å². The number of benzene rings is 7. The average Bonchev–Trinajstić information content (AvgIpc) is 3.85. The van der Waals surface area contributed by atoms with Gasteiger partial charge in [-0.1, -0.05) is 110 Å². The van der Waals surface area contributed by atoms with Crippen LogP contribution >= 0.6 is 0 Å². The van der Waals surface area contributed by atoms with E-state index in [0.717, 1.165) is 34.0 Å². The van der Waals surface area contributed by atoms with Crippen LogP contribution in [0.25, 0.3) is 93.6 Å². The highest BCUT2D eigenvalue weighted by Crippen LogP contribution is 2.40. The van der Waals surface area contributed by atoms with Crippen molar-refractivity contribution >= 4 is 71.1 Å². The highest BCUT2D eigenvalue weighted by atomic mass is 16.3. The van der Waals surface area contributed by atoms with Crippen LogP contribution in [-0.2, 0) is 0 Å². The van der Waals surface area contributed by atoms with Crippen LogP contribution in [0.3, 0.4) is 0 Å². The molecule has 0 N–H and O–H groups in total. The van der Waals surface area contributed by atoms with E-state index >= 15 is 0 Å². The van der Waals surface area contributed by atoms with Gasteiger partial charge in [0.2, 0.25) is 0 Å². The van der Waals surface area contributed by atoms with Gasteiger partial charge in [-0.05, 0) is 95.8 Å². The Balaban J connectivity index is 1.08. The molecule has 0 saturated carbocycles. The Hall–Kier alpha value is -6.58. The van der Waals surface area contributed by atoms with E-state index in [9.17, 15) is 0 Å². The summed E-state index contributed by atoms with van der Waals surface area (Å²) in [7, 11) is 0. The van der Waals surface area contributed by atoms with Crippen molar-refractivity contribution in [1.82, 2.24) is 9.13 Å². The number of nitrogens with zero attached hydrogens (tertiary/aromatic N) is 2. The molecule has 1 unspecified atom stereocenters. The summed E-state index contributed by atoms with van der Waals surface area (Å²) in [6.07, 6.45) is 8.08. The van der Waals surface area contributed by atoms with Gasteiger partial charge < -0.3 is 13.6 Å². The molecule has 0 fully saturated rings. The molecule has 3 heteroatoms. The normalized spacial score (nSPS) is 14.8. The summed E-state index contributed by atoms with van der Waals surface area (Å²) >= 11 is 0. The highest BCUT2D eigenvalue weighted by molar-refractivity contribution is 6.13. The van der Waals surface area contributed by atoms with E-state index in [4.69, 9.17) is 4.42 Å². The van der Waals surface area contributed by atoms with Crippen LogP contribution in [0.4, 0.5) is 0 Å². The van der Waals surface area contributed by atoms with Crippen molar-refractivity contribution in [3.63, 3.8) is 0 Å². The predicted octanol–water partition coefficient (Wildman–Crippen LogP) is 13.4. The molecular weight excluding hydrogens is 633 g/mol. The van der Waals surface area contributed by atoms with Gasteiger partial charge in [0.05, 0.1) is 27.8 Å². The largest absolute Gasteiger partial charge is 0.456 e. The summed E-state index contributed by atoms with van der Waals surface area (Å²) in [6.45, 7) is 2.28. The molecule has 0 bridgehead atoms. The zero-order valence-electron chi connectivity index (χ0n) is 28.8. The molecule has 3 nitrogen and oxygen atoms in total. The molecule has 3 heterocycles. The summed E-state index contributed by atoms with van der Waals surface area (Å²) in [6, 6.07) is 55.2. The van der Waals surface area contributed by atoms with Crippen LogP contribution in [0.15, 0.2) is 174 Å². The van der Waals surface area contributed by atoms with E-state index < -0.39 is 0 Å². The van der Waals surface area contributed by atoms with Crippen molar-refractivity contribution in [3.8, 4) is 22.5 Å². The quantitative estimate of drug-likeness (QED) is 0.183. The minimum absolute atomic E-state index is 0.575. The first kappa shape index (κ1) is 29.2. The van der Waals surface area contributed by atoms with E-state index in [2.05, 4.69) is 174 Å². The van der Waals surface area contributed by atoms with Gasteiger partial charge in [-0.25, -0.2) is 0 Å². The van der Waals surface area contributed by atoms with Crippen molar-refractivity contribution in [3.05, 3.63) is 175 Å². The van der Waals surface area contributed by atoms with E-state index in [-0.39, 0.29) is 0 Å². The molecule has 0 radical (unpaired) electrons. The molecule has 7 aromatic carbocycles. The van der Waals surface area contributed by atoms with Crippen LogP contribution in [0, 0.1) is 5.92 Å². The third kappa shape index (κ3) is 4.32. The number of rotatable bonds is 4. The number of para-hydroxylation sites is 4. The SMILES string of the molecule is CC1C=CC(c2ccccc2-n2c3ccccc3c3cc(-c4ccc5c(c4)c4ccccc4n5-c4ccc5oc6ccccc6c5c4)ccc32)=CC1. The zero-order chi connectivity index (χ0) is 34.3. The zero-order valence-corrected chi connectivity index (χ0v) is 28.8. The summed E-state index contributed by atoms with van der Waals surface area (Å²) in [4.78, 5) is 0. The van der Waals surface area contributed by atoms with Crippen LogP contribution in [-0.4, -0.2) is 9.13 Å². The Labute approximate surface area is 300 Å². The van der Waals surface area contributed by atoms with Gasteiger partial charge in [0.1, 0.15) is 11.2 Å². The topological polar surface area (TPSA) is 23.0 Å². The van der Waals surface area contributed by atoms with Crippen LogP contribution < -0.4 is 0 Å². The molecule has 1 aliphatic rings. The lowest BCUT2D eigenvalue weighted by molar-refractivity contribution is 0.669. The second-order valence-corrected chi connectivity index (χ2v) is 14.2. The average molecular weight is 667 g/mol. The van der Waals surface area contributed by atoms with Gasteiger partial charge in [0.15, 0.2) is 0 Å². The monoisotopic (exact) mass is 666 g/mol. The maximum atomic E-state index is 6.17. The molecule has 52 heavy (non-hydrogen) atoms. The molecule has 11 rings (SSSR count). The van der Waals surface area contributed by atoms with Gasteiger partial charge in [-0.3, -0.25) is 0 Å². The first-order valence-electron chi connectivity index (χ1n) is 18.2. The molecule has 10 aromatic rings. The number of hydrogen-bond donors (Lipinski definition) is 0. The minimum Gasteiger partial charge on any atom is -0.456 e. The third-order valence-corrected chi connectivity index (χ3v) is 11.1. The summed E-state index contributed by atoms with van der Waals surface area (Å²) < 4.78 is 11.0. The Morgan fingerprint density at radius 1 is 0.500 bits per heavy atom. The van der Waals surface area contributed by atoms with Crippen molar-refractivity contribution in [2.75, 3.05) is 0 Å². The van der Waals surface area contributed by atoms with Crippen LogP contribution in [0.5, 0.6) is 0 Å². The minimum atomic E-state index is 0.575. The molecule has 0 aliphatic heterocycles. The smallest absolute Gasteiger partial charge is 0.135 e. The molecule has 1 aliphatic carbocycles. The maximum absolute atomic E-state index is 6.17. The first-order chi connectivity index (χ1) is 25.7. The second-order valence-electron chi connectivity index (χ2n) is 14.2. The molecule has 0 saturated heterocycles. The number of fused-ring (bicyclic) bond motifs is 9. The Morgan fingerprint density at radius 2 is 1.10 bits per heavy atom. The Kier molecular flexibility index (Phi) is 6.29. The summed E-state index contributed by atoms with van der Waals surface area (Å²) in [5.74, 6) is 0.575. The first-order valence-corrected chi connectivity index (χ1v) is 18.2. The van der Waals surface area contributed by atoms with Crippen molar-refractivity contribution in [1.29, 1.82) is 0 Å². The van der Waals surface area contributed by atoms with Crippen molar-refractivity contribution in [2.24, 2.45) is 5.92 Å². The Bertz CT molecular complexity index is 3130. The lowest BCUT2D eigenvalue weighted by Gasteiger charge is -2.17. The van der Waals surface area contributed by atoms with Gasteiger partial charge >= 0.3 is 0 Å². The van der Waals surface area contributed by atoms with E-state index in [1.807, 2.05) is 12.1 Å².